The van der Waals surface area contributed by atoms with Gasteiger partial charge in [-0.1, -0.05) is 176 Å². The van der Waals surface area contributed by atoms with E-state index in [1.807, 2.05) is 11.8 Å². The summed E-state index contributed by atoms with van der Waals surface area (Å²) in [6, 6.07) is 58.8. The van der Waals surface area contributed by atoms with Gasteiger partial charge in [-0.05, 0) is 216 Å². The summed E-state index contributed by atoms with van der Waals surface area (Å²) >= 11 is 2.04. The van der Waals surface area contributed by atoms with Crippen molar-refractivity contribution in [2.24, 2.45) is 11.8 Å². The molecule has 0 saturated heterocycles. The molecule has 18 rings (SSSR count). The number of aryl methyl sites for hydroxylation is 2. The van der Waals surface area contributed by atoms with E-state index in [0.29, 0.717) is 11.2 Å². The smallest absolute Gasteiger partial charge is 0.0454 e. The molecule has 9 aliphatic rings. The van der Waals surface area contributed by atoms with E-state index in [1.165, 1.54) is 159 Å². The van der Waals surface area contributed by atoms with E-state index in [-0.39, 0.29) is 11.8 Å². The first kappa shape index (κ1) is 39.6. The van der Waals surface area contributed by atoms with Crippen LogP contribution < -0.4 is 10.4 Å². The Labute approximate surface area is 429 Å². The number of thioether (sulfide) groups is 1. The lowest BCUT2D eigenvalue weighted by Crippen LogP contribution is -2.41. The van der Waals surface area contributed by atoms with Gasteiger partial charge >= 0.3 is 0 Å². The highest BCUT2D eigenvalue weighted by Crippen LogP contribution is 2.66. The van der Waals surface area contributed by atoms with Gasteiger partial charge in [-0.3, -0.25) is 0 Å². The van der Waals surface area contributed by atoms with Crippen molar-refractivity contribution in [3.05, 3.63) is 255 Å². The molecule has 0 N–H and O–H groups in total. The minimum atomic E-state index is 0.225. The molecule has 340 valence electrons. The highest BCUT2D eigenvalue weighted by Gasteiger charge is 2.49. The first-order valence-corrected chi connectivity index (χ1v) is 27.3. The molecule has 0 fully saturated rings. The molecule has 0 spiro atoms. The van der Waals surface area contributed by atoms with Crippen LogP contribution in [0.3, 0.4) is 0 Å². The van der Waals surface area contributed by atoms with Crippen LogP contribution in [0.25, 0.3) is 111 Å². The molecule has 0 bridgehead atoms. The lowest BCUT2D eigenvalue weighted by molar-refractivity contribution is 0.688. The molecule has 9 aromatic rings. The van der Waals surface area contributed by atoms with Crippen molar-refractivity contribution in [2.75, 3.05) is 0 Å². The molecule has 0 radical (unpaired) electrons. The first-order chi connectivity index (χ1) is 36.1. The molecule has 0 saturated carbocycles. The Balaban J connectivity index is 0.912. The van der Waals surface area contributed by atoms with Crippen LogP contribution >= 0.6 is 11.8 Å². The average molecular weight is 943 g/mol. The van der Waals surface area contributed by atoms with E-state index in [1.54, 1.807) is 16.7 Å². The zero-order chi connectivity index (χ0) is 47.5. The summed E-state index contributed by atoms with van der Waals surface area (Å²) in [6.45, 7) is 4.65. The summed E-state index contributed by atoms with van der Waals surface area (Å²) in [5.74, 6) is 0.876. The average Bonchev–Trinajstić information content (AvgIpc) is 4.17. The summed E-state index contributed by atoms with van der Waals surface area (Å²) in [5, 5.41) is 8.81. The van der Waals surface area contributed by atoms with Gasteiger partial charge in [-0.25, -0.2) is 0 Å². The molecule has 0 nitrogen and oxygen atoms in total. The molecule has 4 atom stereocenters. The van der Waals surface area contributed by atoms with Gasteiger partial charge in [0, 0.05) is 27.9 Å². The van der Waals surface area contributed by atoms with Crippen molar-refractivity contribution in [3.8, 4) is 55.6 Å². The lowest BCUT2D eigenvalue weighted by atomic mass is 9.62. The second-order valence-corrected chi connectivity index (χ2v) is 23.1. The van der Waals surface area contributed by atoms with Gasteiger partial charge in [0.1, 0.15) is 0 Å². The Morgan fingerprint density at radius 3 is 1.70 bits per heavy atom. The van der Waals surface area contributed by atoms with Gasteiger partial charge in [0.2, 0.25) is 0 Å². The first-order valence-electron chi connectivity index (χ1n) is 26.4. The third kappa shape index (κ3) is 4.87. The van der Waals surface area contributed by atoms with Crippen molar-refractivity contribution in [2.45, 2.75) is 42.8 Å². The van der Waals surface area contributed by atoms with Crippen molar-refractivity contribution in [1.29, 1.82) is 0 Å². The normalized spacial score (nSPS) is 20.9. The minimum absolute atomic E-state index is 0.225. The van der Waals surface area contributed by atoms with Crippen LogP contribution in [0.15, 0.2) is 205 Å². The predicted octanol–water partition coefficient (Wildman–Crippen LogP) is 17.0. The monoisotopic (exact) mass is 942 g/mol. The fourth-order valence-electron chi connectivity index (χ4n) is 15.8. The maximum absolute atomic E-state index is 2.62. The zero-order valence-electron chi connectivity index (χ0n) is 40.6. The molecule has 73 heavy (non-hydrogen) atoms. The van der Waals surface area contributed by atoms with Crippen LogP contribution in [-0.2, 0) is 0 Å². The Kier molecular flexibility index (Phi) is 7.57. The molecular formula is C72H46S. The van der Waals surface area contributed by atoms with Gasteiger partial charge in [-0.15, -0.1) is 11.8 Å². The highest BCUT2D eigenvalue weighted by molar-refractivity contribution is 8.00. The lowest BCUT2D eigenvalue weighted by Gasteiger charge is -2.41. The maximum Gasteiger partial charge on any atom is 0.0454 e. The molecular weight excluding hydrogens is 897 g/mol. The standard InChI is InChI=1S/C72H46S/c1-37-13-3-5-15-39(37)64-60-35-58-46-21-11-20-45-43(54-22-12-23-55-44-19-9-10-24-62(44)73-72(54)55)25-26-53(63(45)46)59(58)36-61(60)65(40-16-6-4-14-38(40)2)71-57-34-32-52-50-30-28-48-42-18-8-7-17-41(42)47-27-29-49(67(50)66(47)48)51-31-33-56(70(64)71)69(57)68(51)52/h3-27,29,31-36,55,68-69,72H,28,30H2,1-2H3. The van der Waals surface area contributed by atoms with E-state index >= 15 is 0 Å². The Morgan fingerprint density at radius 2 is 0.945 bits per heavy atom. The number of rotatable bonds is 3. The quantitative estimate of drug-likeness (QED) is 0.170. The Hall–Kier alpha value is -7.97. The van der Waals surface area contributed by atoms with E-state index in [9.17, 15) is 0 Å². The molecule has 8 aliphatic carbocycles. The molecule has 0 aromatic heterocycles. The number of benzene rings is 9. The SMILES string of the molecule is Cc1ccccc1-c1c2c(c(-c3ccccc3C)c3cc4c(cc13)-c1cccc3c(C5=CC=CC6c7ccccc7SC56)ccc-4c13)C1=CC=C3C4=c5c(ccc6c5=C(CC4)c4ccccc4-6)C4=CC=C2C1C34. The van der Waals surface area contributed by atoms with Crippen molar-refractivity contribution < 1.29 is 0 Å². The van der Waals surface area contributed by atoms with Crippen LogP contribution in [0.1, 0.15) is 63.3 Å². The van der Waals surface area contributed by atoms with Gasteiger partial charge in [-0.2, -0.15) is 0 Å². The summed E-state index contributed by atoms with van der Waals surface area (Å²) in [6.07, 6.45) is 19.6. The van der Waals surface area contributed by atoms with E-state index in [2.05, 4.69) is 208 Å². The molecule has 1 aliphatic heterocycles. The molecule has 9 aromatic carbocycles. The topological polar surface area (TPSA) is 0 Å². The summed E-state index contributed by atoms with van der Waals surface area (Å²) in [5.41, 5.74) is 35.4. The largest absolute Gasteiger partial charge is 0.117 e. The summed E-state index contributed by atoms with van der Waals surface area (Å²) in [4.78, 5) is 1.41. The maximum atomic E-state index is 2.62. The van der Waals surface area contributed by atoms with E-state index < -0.39 is 0 Å². The van der Waals surface area contributed by atoms with E-state index in [0.717, 1.165) is 12.8 Å². The van der Waals surface area contributed by atoms with Gasteiger partial charge in [0.15, 0.2) is 0 Å². The molecule has 1 heterocycles. The fourth-order valence-corrected chi connectivity index (χ4v) is 17.3. The van der Waals surface area contributed by atoms with Crippen LogP contribution in [0.2, 0.25) is 0 Å². The predicted molar refractivity (Wildman–Crippen MR) is 307 cm³/mol. The Bertz CT molecular complexity index is 4550. The second-order valence-electron chi connectivity index (χ2n) is 21.9. The summed E-state index contributed by atoms with van der Waals surface area (Å²) < 4.78 is 0. The van der Waals surface area contributed by atoms with Crippen molar-refractivity contribution in [1.82, 2.24) is 0 Å². The van der Waals surface area contributed by atoms with Crippen LogP contribution in [0.4, 0.5) is 0 Å². The molecule has 0 amide bonds. The third-order valence-electron chi connectivity index (χ3n) is 18.7. The minimum Gasteiger partial charge on any atom is -0.117 e. The second kappa shape index (κ2) is 14.0. The van der Waals surface area contributed by atoms with Crippen LogP contribution in [0, 0.1) is 25.7 Å². The van der Waals surface area contributed by atoms with Crippen molar-refractivity contribution >= 4 is 66.7 Å². The van der Waals surface area contributed by atoms with E-state index in [4.69, 9.17) is 0 Å². The van der Waals surface area contributed by atoms with Gasteiger partial charge in [0.25, 0.3) is 0 Å². The van der Waals surface area contributed by atoms with Crippen molar-refractivity contribution in [3.63, 3.8) is 0 Å². The number of fused-ring (bicyclic) bond motifs is 15. The fraction of sp³-hybridized carbons (Fsp3) is 0.111. The van der Waals surface area contributed by atoms with Gasteiger partial charge in [0.05, 0.1) is 0 Å². The Morgan fingerprint density at radius 1 is 0.384 bits per heavy atom. The molecule has 1 heteroatoms. The number of allylic oxidation sites excluding steroid dienone is 11. The number of hydrogen-bond donors (Lipinski definition) is 0. The highest BCUT2D eigenvalue weighted by atomic mass is 32.2. The van der Waals surface area contributed by atoms with Crippen LogP contribution in [-0.4, -0.2) is 5.25 Å². The third-order valence-corrected chi connectivity index (χ3v) is 20.2. The molecule has 4 unspecified atom stereocenters. The van der Waals surface area contributed by atoms with Gasteiger partial charge < -0.3 is 0 Å². The zero-order valence-corrected chi connectivity index (χ0v) is 41.4. The summed E-state index contributed by atoms with van der Waals surface area (Å²) in [7, 11) is 0. The number of hydrogen-bond acceptors (Lipinski definition) is 1. The van der Waals surface area contributed by atoms with Crippen LogP contribution in [0.5, 0.6) is 0 Å².